The predicted octanol–water partition coefficient (Wildman–Crippen LogP) is -0.260. The summed E-state index contributed by atoms with van der Waals surface area (Å²) in [7, 11) is 0. The largest absolute Gasteiger partial charge is 0.368 e. The first-order valence-electron chi connectivity index (χ1n) is 5.32. The van der Waals surface area contributed by atoms with Crippen LogP contribution in [0.1, 0.15) is 20.3 Å². The number of carbonyl (C=O) groups is 2. The lowest BCUT2D eigenvalue weighted by Gasteiger charge is -2.27. The first kappa shape index (κ1) is 15.2. The van der Waals surface area contributed by atoms with Gasteiger partial charge in [-0.25, -0.2) is 0 Å². The summed E-state index contributed by atoms with van der Waals surface area (Å²) in [6, 6.07) is 0.0191. The van der Waals surface area contributed by atoms with E-state index < -0.39 is 5.91 Å². The van der Waals surface area contributed by atoms with Crippen molar-refractivity contribution >= 4 is 24.2 Å². The van der Waals surface area contributed by atoms with Crippen LogP contribution in [0.3, 0.4) is 0 Å². The van der Waals surface area contributed by atoms with Crippen LogP contribution in [-0.4, -0.2) is 42.4 Å². The molecule has 1 aliphatic rings. The van der Waals surface area contributed by atoms with E-state index >= 15 is 0 Å². The number of nitrogens with zero attached hydrogens (tertiary/aromatic N) is 1. The summed E-state index contributed by atoms with van der Waals surface area (Å²) in [5.74, 6) is -0.413. The maximum absolute atomic E-state index is 12.0. The predicted molar refractivity (Wildman–Crippen MR) is 64.3 cm³/mol. The van der Waals surface area contributed by atoms with Crippen LogP contribution in [-0.2, 0) is 9.59 Å². The van der Waals surface area contributed by atoms with Gasteiger partial charge in [-0.05, 0) is 26.8 Å². The zero-order valence-electron chi connectivity index (χ0n) is 9.73. The summed E-state index contributed by atoms with van der Waals surface area (Å²) in [6.45, 7) is 5.39. The number of carbonyl (C=O) groups excluding carboxylic acids is 2. The second-order valence-electron chi connectivity index (χ2n) is 4.22. The Morgan fingerprint density at radius 3 is 2.50 bits per heavy atom. The molecule has 94 valence electrons. The molecular weight excluding hydrogens is 230 g/mol. The fourth-order valence-electron chi connectivity index (χ4n) is 1.78. The van der Waals surface area contributed by atoms with Crippen molar-refractivity contribution in [1.29, 1.82) is 0 Å². The lowest BCUT2D eigenvalue weighted by molar-refractivity contribution is -0.140. The molecule has 1 fully saturated rings. The van der Waals surface area contributed by atoms with Gasteiger partial charge < -0.3 is 16.0 Å². The molecule has 0 bridgehead atoms. The molecule has 5 nitrogen and oxygen atoms in total. The van der Waals surface area contributed by atoms with E-state index in [0.29, 0.717) is 6.54 Å². The van der Waals surface area contributed by atoms with Gasteiger partial charge in [0.05, 0.1) is 12.5 Å². The molecular formula is C10H20ClN3O2. The lowest BCUT2D eigenvalue weighted by atomic mass is 10.1. The van der Waals surface area contributed by atoms with Gasteiger partial charge in [0.25, 0.3) is 0 Å². The lowest BCUT2D eigenvalue weighted by Crippen LogP contribution is -2.46. The summed E-state index contributed by atoms with van der Waals surface area (Å²) in [5, 5.41) is 3.14. The summed E-state index contributed by atoms with van der Waals surface area (Å²) in [6.07, 6.45) is 0.848. The van der Waals surface area contributed by atoms with Crippen LogP contribution in [0, 0.1) is 5.92 Å². The molecule has 2 amide bonds. The van der Waals surface area contributed by atoms with E-state index in [0.717, 1.165) is 13.0 Å². The number of primary amides is 1. The summed E-state index contributed by atoms with van der Waals surface area (Å²) < 4.78 is 0. The second-order valence-corrected chi connectivity index (χ2v) is 4.22. The Labute approximate surface area is 102 Å². The molecule has 0 spiro atoms. The molecule has 1 rings (SSSR count). The molecule has 0 radical (unpaired) electrons. The minimum absolute atomic E-state index is 0. The SMILES string of the molecule is CC(C)N(CC(N)=O)C(=O)[C@H]1CCNC1.Cl. The molecule has 16 heavy (non-hydrogen) atoms. The van der Waals surface area contributed by atoms with Crippen LogP contribution in [0.5, 0.6) is 0 Å². The van der Waals surface area contributed by atoms with E-state index in [1.54, 1.807) is 4.90 Å². The molecule has 1 aliphatic heterocycles. The van der Waals surface area contributed by atoms with Crippen LogP contribution in [0.25, 0.3) is 0 Å². The van der Waals surface area contributed by atoms with Crippen LogP contribution in [0.4, 0.5) is 0 Å². The number of hydrogen-bond acceptors (Lipinski definition) is 3. The van der Waals surface area contributed by atoms with Crippen molar-refractivity contribution in [3.63, 3.8) is 0 Å². The van der Waals surface area contributed by atoms with Gasteiger partial charge in [0.1, 0.15) is 0 Å². The smallest absolute Gasteiger partial charge is 0.237 e. The van der Waals surface area contributed by atoms with E-state index in [-0.39, 0.29) is 36.8 Å². The zero-order chi connectivity index (χ0) is 11.4. The zero-order valence-corrected chi connectivity index (χ0v) is 10.5. The van der Waals surface area contributed by atoms with Crippen molar-refractivity contribution in [2.24, 2.45) is 11.7 Å². The van der Waals surface area contributed by atoms with Gasteiger partial charge in [-0.2, -0.15) is 0 Å². The second kappa shape index (κ2) is 6.70. The highest BCUT2D eigenvalue weighted by atomic mass is 35.5. The normalized spacial score (nSPS) is 19.3. The Hall–Kier alpha value is -0.810. The molecule has 3 N–H and O–H groups in total. The minimum Gasteiger partial charge on any atom is -0.368 e. The van der Waals surface area contributed by atoms with E-state index in [1.165, 1.54) is 0 Å². The third kappa shape index (κ3) is 3.98. The van der Waals surface area contributed by atoms with Gasteiger partial charge in [-0.3, -0.25) is 9.59 Å². The van der Waals surface area contributed by atoms with Crippen molar-refractivity contribution < 1.29 is 9.59 Å². The van der Waals surface area contributed by atoms with Gasteiger partial charge in [-0.15, -0.1) is 12.4 Å². The Balaban J connectivity index is 0.00000225. The molecule has 0 saturated carbocycles. The molecule has 1 saturated heterocycles. The molecule has 0 aromatic heterocycles. The van der Waals surface area contributed by atoms with E-state index in [9.17, 15) is 9.59 Å². The van der Waals surface area contributed by atoms with Gasteiger partial charge in [-0.1, -0.05) is 0 Å². The van der Waals surface area contributed by atoms with Crippen molar-refractivity contribution in [2.45, 2.75) is 26.3 Å². The van der Waals surface area contributed by atoms with Crippen molar-refractivity contribution in [3.8, 4) is 0 Å². The minimum atomic E-state index is -0.456. The number of rotatable bonds is 4. The van der Waals surface area contributed by atoms with Gasteiger partial charge in [0, 0.05) is 12.6 Å². The number of amides is 2. The monoisotopic (exact) mass is 249 g/mol. The van der Waals surface area contributed by atoms with Crippen LogP contribution >= 0.6 is 12.4 Å². The average molecular weight is 250 g/mol. The Morgan fingerprint density at radius 1 is 1.50 bits per heavy atom. The summed E-state index contributed by atoms with van der Waals surface area (Å²) >= 11 is 0. The van der Waals surface area contributed by atoms with E-state index in [1.807, 2.05) is 13.8 Å². The van der Waals surface area contributed by atoms with Crippen molar-refractivity contribution in [3.05, 3.63) is 0 Å². The first-order valence-corrected chi connectivity index (χ1v) is 5.32. The Kier molecular flexibility index (Phi) is 6.36. The van der Waals surface area contributed by atoms with Crippen LogP contribution in [0.2, 0.25) is 0 Å². The van der Waals surface area contributed by atoms with Gasteiger partial charge >= 0.3 is 0 Å². The topological polar surface area (TPSA) is 75.4 Å². The fraction of sp³-hybridized carbons (Fsp3) is 0.800. The Morgan fingerprint density at radius 2 is 2.12 bits per heavy atom. The highest BCUT2D eigenvalue weighted by Crippen LogP contribution is 2.13. The summed E-state index contributed by atoms with van der Waals surface area (Å²) in [5.41, 5.74) is 5.12. The van der Waals surface area contributed by atoms with Gasteiger partial charge in [0.15, 0.2) is 0 Å². The van der Waals surface area contributed by atoms with Crippen molar-refractivity contribution in [1.82, 2.24) is 10.2 Å². The summed E-state index contributed by atoms with van der Waals surface area (Å²) in [4.78, 5) is 24.4. The third-order valence-electron chi connectivity index (χ3n) is 2.64. The van der Waals surface area contributed by atoms with Gasteiger partial charge in [0.2, 0.25) is 11.8 Å². The molecule has 6 heteroatoms. The Bertz CT molecular complexity index is 252. The standard InChI is InChI=1S/C10H19N3O2.ClH/c1-7(2)13(6-9(11)14)10(15)8-3-4-12-5-8;/h7-8,12H,3-6H2,1-2H3,(H2,11,14);1H/t8-;/m0./s1. The quantitative estimate of drug-likeness (QED) is 0.721. The van der Waals surface area contributed by atoms with E-state index in [2.05, 4.69) is 5.32 Å². The average Bonchev–Trinajstić information content (AvgIpc) is 2.65. The number of hydrogen-bond donors (Lipinski definition) is 2. The number of nitrogens with one attached hydrogen (secondary N) is 1. The molecule has 0 unspecified atom stereocenters. The first-order chi connectivity index (χ1) is 7.02. The highest BCUT2D eigenvalue weighted by molar-refractivity contribution is 5.86. The third-order valence-corrected chi connectivity index (χ3v) is 2.64. The molecule has 1 atom stereocenters. The maximum Gasteiger partial charge on any atom is 0.237 e. The molecule has 0 aliphatic carbocycles. The van der Waals surface area contributed by atoms with Crippen LogP contribution < -0.4 is 11.1 Å². The number of halogens is 1. The molecule has 1 heterocycles. The molecule has 0 aromatic carbocycles. The van der Waals surface area contributed by atoms with E-state index in [4.69, 9.17) is 5.73 Å². The number of nitrogens with two attached hydrogens (primary N) is 1. The molecule has 0 aromatic rings. The fourth-order valence-corrected chi connectivity index (χ4v) is 1.78. The maximum atomic E-state index is 12.0. The van der Waals surface area contributed by atoms with Crippen molar-refractivity contribution in [2.75, 3.05) is 19.6 Å². The highest BCUT2D eigenvalue weighted by Gasteiger charge is 2.29. The van der Waals surface area contributed by atoms with Crippen LogP contribution in [0.15, 0.2) is 0 Å².